The minimum absolute atomic E-state index is 0.0618. The van der Waals surface area contributed by atoms with Crippen molar-refractivity contribution in [2.75, 3.05) is 6.54 Å². The summed E-state index contributed by atoms with van der Waals surface area (Å²) in [7, 11) is 0. The molecule has 1 heterocycles. The number of rotatable bonds is 2. The molecule has 1 amide bonds. The number of β-amino-alcohol motifs (C(OH)–C–C–N with tert-alkyl or cyclic N) is 1. The summed E-state index contributed by atoms with van der Waals surface area (Å²) in [6.07, 6.45) is 2.27. The van der Waals surface area contributed by atoms with Crippen molar-refractivity contribution in [3.05, 3.63) is 0 Å². The number of aliphatic hydroxyl groups is 1. The Hall–Kier alpha value is -1.10. The van der Waals surface area contributed by atoms with Crippen LogP contribution in [-0.2, 0) is 9.59 Å². The van der Waals surface area contributed by atoms with Gasteiger partial charge in [-0.3, -0.25) is 4.79 Å². The molecule has 1 unspecified atom stereocenters. The molecule has 5 nitrogen and oxygen atoms in total. The van der Waals surface area contributed by atoms with E-state index < -0.39 is 18.1 Å². The van der Waals surface area contributed by atoms with Crippen LogP contribution >= 0.6 is 0 Å². The third kappa shape index (κ3) is 2.23. The first kappa shape index (κ1) is 13.3. The molecule has 3 atom stereocenters. The second kappa shape index (κ2) is 4.53. The summed E-state index contributed by atoms with van der Waals surface area (Å²) in [6, 6.07) is -0.858. The van der Waals surface area contributed by atoms with Crippen LogP contribution in [0.15, 0.2) is 0 Å². The van der Waals surface area contributed by atoms with Crippen molar-refractivity contribution in [3.63, 3.8) is 0 Å². The lowest BCUT2D eigenvalue weighted by atomic mass is 9.81. The Morgan fingerprint density at radius 2 is 2.00 bits per heavy atom. The first-order valence-corrected chi connectivity index (χ1v) is 6.54. The molecule has 0 radical (unpaired) electrons. The lowest BCUT2D eigenvalue weighted by Gasteiger charge is -2.31. The van der Waals surface area contributed by atoms with E-state index in [1.165, 1.54) is 4.90 Å². The largest absolute Gasteiger partial charge is 0.480 e. The van der Waals surface area contributed by atoms with Gasteiger partial charge in [0.25, 0.3) is 0 Å². The molecule has 1 saturated heterocycles. The molecule has 0 aromatic carbocycles. The number of carbonyl (C=O) groups excluding carboxylic acids is 1. The maximum absolute atomic E-state index is 12.5. The molecule has 0 bridgehead atoms. The predicted molar refractivity (Wildman–Crippen MR) is 64.9 cm³/mol. The number of nitrogens with zero attached hydrogens (tertiary/aromatic N) is 1. The summed E-state index contributed by atoms with van der Waals surface area (Å²) in [5.74, 6) is -1.22. The van der Waals surface area contributed by atoms with Crippen LogP contribution in [0, 0.1) is 11.3 Å². The molecule has 2 N–H and O–H groups in total. The molecule has 0 aromatic rings. The van der Waals surface area contributed by atoms with Crippen LogP contribution in [0.5, 0.6) is 0 Å². The zero-order valence-electron chi connectivity index (χ0n) is 10.9. The van der Waals surface area contributed by atoms with Gasteiger partial charge >= 0.3 is 5.97 Å². The summed E-state index contributed by atoms with van der Waals surface area (Å²) in [5, 5.41) is 18.7. The van der Waals surface area contributed by atoms with E-state index in [1.807, 2.05) is 0 Å². The van der Waals surface area contributed by atoms with Crippen molar-refractivity contribution in [1.82, 2.24) is 4.90 Å². The van der Waals surface area contributed by atoms with E-state index in [1.54, 1.807) is 0 Å². The second-order valence-electron chi connectivity index (χ2n) is 6.17. The number of carboxylic acid groups (broad SMARTS) is 1. The Morgan fingerprint density at radius 3 is 2.50 bits per heavy atom. The number of likely N-dealkylation sites (tertiary alicyclic amines) is 1. The molecule has 1 aliphatic carbocycles. The molecule has 0 spiro atoms. The van der Waals surface area contributed by atoms with E-state index in [4.69, 9.17) is 5.11 Å². The minimum atomic E-state index is -1.02. The van der Waals surface area contributed by atoms with Gasteiger partial charge in [0.15, 0.2) is 0 Å². The van der Waals surface area contributed by atoms with Crippen molar-refractivity contribution in [2.45, 2.75) is 51.7 Å². The quantitative estimate of drug-likeness (QED) is 0.767. The van der Waals surface area contributed by atoms with Gasteiger partial charge in [-0.15, -0.1) is 0 Å². The van der Waals surface area contributed by atoms with E-state index in [0.29, 0.717) is 0 Å². The monoisotopic (exact) mass is 255 g/mol. The molecule has 1 saturated carbocycles. The highest BCUT2D eigenvalue weighted by Gasteiger charge is 2.46. The van der Waals surface area contributed by atoms with E-state index in [-0.39, 0.29) is 30.2 Å². The van der Waals surface area contributed by atoms with E-state index >= 15 is 0 Å². The van der Waals surface area contributed by atoms with Crippen LogP contribution < -0.4 is 0 Å². The zero-order chi connectivity index (χ0) is 13.5. The molecule has 2 aliphatic rings. The number of carboxylic acids is 1. The summed E-state index contributed by atoms with van der Waals surface area (Å²) < 4.78 is 0. The summed E-state index contributed by atoms with van der Waals surface area (Å²) >= 11 is 0. The molecule has 2 rings (SSSR count). The summed E-state index contributed by atoms with van der Waals surface area (Å²) in [6.45, 7) is 4.28. The second-order valence-corrected chi connectivity index (χ2v) is 6.17. The van der Waals surface area contributed by atoms with Gasteiger partial charge in [-0.05, 0) is 18.3 Å². The smallest absolute Gasteiger partial charge is 0.326 e. The molecule has 1 aliphatic heterocycles. The topological polar surface area (TPSA) is 77.8 Å². The lowest BCUT2D eigenvalue weighted by molar-refractivity contribution is -0.151. The lowest BCUT2D eigenvalue weighted by Crippen LogP contribution is -2.45. The maximum atomic E-state index is 12.5. The number of aliphatic carboxylic acids is 1. The van der Waals surface area contributed by atoms with Crippen LogP contribution in [0.25, 0.3) is 0 Å². The third-order valence-corrected chi connectivity index (χ3v) is 4.40. The predicted octanol–water partition coefficient (Wildman–Crippen LogP) is 0.859. The van der Waals surface area contributed by atoms with Crippen molar-refractivity contribution < 1.29 is 19.8 Å². The number of aliphatic hydroxyl groups excluding tert-OH is 1. The minimum Gasteiger partial charge on any atom is -0.480 e. The van der Waals surface area contributed by atoms with Gasteiger partial charge in [-0.25, -0.2) is 4.79 Å². The number of carbonyl (C=O) groups is 2. The zero-order valence-corrected chi connectivity index (χ0v) is 10.9. The highest BCUT2D eigenvalue weighted by Crippen LogP contribution is 2.44. The molecule has 5 heteroatoms. The standard InChI is InChI=1S/C13H21NO4/c1-13(2)5-3-4-9(13)11(16)14-7-8(15)6-10(14)12(17)18/h8-10,15H,3-7H2,1-2H3,(H,17,18)/t8-,9?,10+/m1/s1. The average molecular weight is 255 g/mol. The third-order valence-electron chi connectivity index (χ3n) is 4.40. The SMILES string of the molecule is CC1(C)CCCC1C(=O)N1C[C@H](O)C[C@H]1C(=O)O. The van der Waals surface area contributed by atoms with Crippen molar-refractivity contribution >= 4 is 11.9 Å². The Balaban J connectivity index is 2.15. The van der Waals surface area contributed by atoms with Gasteiger partial charge < -0.3 is 15.1 Å². The molecule has 18 heavy (non-hydrogen) atoms. The van der Waals surface area contributed by atoms with Crippen molar-refractivity contribution in [2.24, 2.45) is 11.3 Å². The Labute approximate surface area is 107 Å². The van der Waals surface area contributed by atoms with Crippen LogP contribution in [0.3, 0.4) is 0 Å². The Morgan fingerprint density at radius 1 is 1.33 bits per heavy atom. The van der Waals surface area contributed by atoms with Crippen LogP contribution in [-0.4, -0.2) is 45.7 Å². The molecular formula is C13H21NO4. The van der Waals surface area contributed by atoms with Gasteiger partial charge in [0, 0.05) is 18.9 Å². The van der Waals surface area contributed by atoms with E-state index in [9.17, 15) is 14.7 Å². The van der Waals surface area contributed by atoms with E-state index in [0.717, 1.165) is 19.3 Å². The first-order valence-electron chi connectivity index (χ1n) is 6.54. The van der Waals surface area contributed by atoms with Crippen LogP contribution in [0.4, 0.5) is 0 Å². The molecule has 102 valence electrons. The number of hydrogen-bond donors (Lipinski definition) is 2. The van der Waals surface area contributed by atoms with Gasteiger partial charge in [0.2, 0.25) is 5.91 Å². The molecular weight excluding hydrogens is 234 g/mol. The summed E-state index contributed by atoms with van der Waals surface area (Å²) in [4.78, 5) is 25.0. The summed E-state index contributed by atoms with van der Waals surface area (Å²) in [5.41, 5.74) is -0.0618. The fraction of sp³-hybridized carbons (Fsp3) is 0.846. The highest BCUT2D eigenvalue weighted by molar-refractivity contribution is 5.86. The maximum Gasteiger partial charge on any atom is 0.326 e. The van der Waals surface area contributed by atoms with Crippen LogP contribution in [0.2, 0.25) is 0 Å². The highest BCUT2D eigenvalue weighted by atomic mass is 16.4. The van der Waals surface area contributed by atoms with Gasteiger partial charge in [0.05, 0.1) is 6.10 Å². The first-order chi connectivity index (χ1) is 8.33. The Bertz CT molecular complexity index is 366. The number of hydrogen-bond acceptors (Lipinski definition) is 3. The van der Waals surface area contributed by atoms with Gasteiger partial charge in [-0.2, -0.15) is 0 Å². The van der Waals surface area contributed by atoms with Crippen molar-refractivity contribution in [1.29, 1.82) is 0 Å². The number of amides is 1. The fourth-order valence-electron chi connectivity index (χ4n) is 3.28. The van der Waals surface area contributed by atoms with Gasteiger partial charge in [0.1, 0.15) is 6.04 Å². The normalized spacial score (nSPS) is 34.8. The van der Waals surface area contributed by atoms with E-state index in [2.05, 4.69) is 13.8 Å². The Kier molecular flexibility index (Phi) is 3.36. The van der Waals surface area contributed by atoms with Crippen LogP contribution in [0.1, 0.15) is 39.5 Å². The molecule has 0 aromatic heterocycles. The van der Waals surface area contributed by atoms with Gasteiger partial charge in [-0.1, -0.05) is 20.3 Å². The molecule has 2 fully saturated rings. The average Bonchev–Trinajstić information content (AvgIpc) is 2.80. The fourth-order valence-corrected chi connectivity index (χ4v) is 3.28. The van der Waals surface area contributed by atoms with Crippen molar-refractivity contribution in [3.8, 4) is 0 Å².